The van der Waals surface area contributed by atoms with Crippen molar-refractivity contribution in [3.63, 3.8) is 0 Å². The zero-order valence-electron chi connectivity index (χ0n) is 11.6. The lowest BCUT2D eigenvalue weighted by atomic mass is 10.0. The molecule has 1 aromatic rings. The van der Waals surface area contributed by atoms with Crippen molar-refractivity contribution in [3.8, 4) is 0 Å². The quantitative estimate of drug-likeness (QED) is 0.683. The highest BCUT2D eigenvalue weighted by atomic mass is 32.2. The van der Waals surface area contributed by atoms with Gasteiger partial charge < -0.3 is 9.29 Å². The van der Waals surface area contributed by atoms with Crippen LogP contribution in [0.2, 0.25) is 0 Å². The lowest BCUT2D eigenvalue weighted by molar-refractivity contribution is 0.0535. The maximum Gasteiger partial charge on any atom is 0.338 e. The fourth-order valence-electron chi connectivity index (χ4n) is 1.83. The first-order chi connectivity index (χ1) is 8.79. The van der Waals surface area contributed by atoms with Crippen molar-refractivity contribution < 1.29 is 14.1 Å². The van der Waals surface area contributed by atoms with E-state index in [1.165, 1.54) is 0 Å². The average Bonchev–Trinajstić information content (AvgIpc) is 2.69. The van der Waals surface area contributed by atoms with Crippen molar-refractivity contribution in [3.05, 3.63) is 34.9 Å². The number of cyclic esters (lactones) is 1. The molecule has 104 valence electrons. The lowest BCUT2D eigenvalue weighted by Gasteiger charge is -2.26. The van der Waals surface area contributed by atoms with Crippen LogP contribution in [0.1, 0.15) is 55.2 Å². The Morgan fingerprint density at radius 3 is 2.74 bits per heavy atom. The molecule has 0 aliphatic carbocycles. The van der Waals surface area contributed by atoms with Crippen LogP contribution in [0, 0.1) is 0 Å². The molecule has 4 nitrogen and oxygen atoms in total. The number of esters is 1. The summed E-state index contributed by atoms with van der Waals surface area (Å²) in [4.78, 5) is 11.4. The number of hydrogen-bond donors (Lipinski definition) is 1. The summed E-state index contributed by atoms with van der Waals surface area (Å²) >= 11 is -1.12. The van der Waals surface area contributed by atoms with Gasteiger partial charge in [-0.15, -0.1) is 4.72 Å². The number of fused-ring (bicyclic) bond motifs is 1. The van der Waals surface area contributed by atoms with E-state index in [-0.39, 0.29) is 16.8 Å². The highest BCUT2D eigenvalue weighted by Gasteiger charge is 2.29. The second-order valence-electron chi connectivity index (χ2n) is 5.71. The molecule has 2 rings (SSSR count). The van der Waals surface area contributed by atoms with Crippen LogP contribution in [0.25, 0.3) is 0 Å². The Balaban J connectivity index is 2.13. The van der Waals surface area contributed by atoms with Crippen molar-refractivity contribution in [2.45, 2.75) is 45.1 Å². The van der Waals surface area contributed by atoms with Crippen molar-refractivity contribution in [1.82, 2.24) is 4.72 Å². The van der Waals surface area contributed by atoms with Gasteiger partial charge >= 0.3 is 5.97 Å². The lowest BCUT2D eigenvalue weighted by Crippen LogP contribution is -2.40. The first-order valence-corrected chi connectivity index (χ1v) is 7.42. The Bertz CT molecular complexity index is 496. The number of nitrogens with one attached hydrogen (secondary N) is 1. The fraction of sp³-hybridized carbons (Fsp3) is 0.500. The third kappa shape index (κ3) is 3.11. The molecular formula is C14H19NO3S. The second kappa shape index (κ2) is 5.15. The SMILES string of the molecule is C[C@H](N[S@@+]([O-])C(C)(C)C)c1ccc2c(c1)COC2=O. The standard InChI is InChI=1S/C14H19NO3S/c1-9(15-19(17)14(2,3)4)10-5-6-12-11(7-10)8-18-13(12)16/h5-7,9,15H,8H2,1-4H3/t9-,19-/m0/s1. The van der Waals surface area contributed by atoms with E-state index in [9.17, 15) is 9.35 Å². The smallest absolute Gasteiger partial charge is 0.338 e. The molecule has 0 spiro atoms. The molecule has 0 saturated carbocycles. The van der Waals surface area contributed by atoms with E-state index in [2.05, 4.69) is 4.72 Å². The van der Waals surface area contributed by atoms with Gasteiger partial charge in [0.1, 0.15) is 11.4 Å². The molecule has 1 aromatic carbocycles. The number of rotatable bonds is 3. The molecule has 1 heterocycles. The summed E-state index contributed by atoms with van der Waals surface area (Å²) < 4.78 is 19.8. The van der Waals surface area contributed by atoms with Gasteiger partial charge in [-0.3, -0.25) is 0 Å². The summed E-state index contributed by atoms with van der Waals surface area (Å²) in [5.74, 6) is -0.263. The van der Waals surface area contributed by atoms with Gasteiger partial charge in [-0.2, -0.15) is 0 Å². The molecule has 1 N–H and O–H groups in total. The van der Waals surface area contributed by atoms with Gasteiger partial charge in [0.2, 0.25) is 0 Å². The van der Waals surface area contributed by atoms with Crippen LogP contribution in [0.4, 0.5) is 0 Å². The summed E-state index contributed by atoms with van der Waals surface area (Å²) in [5.41, 5.74) is 2.54. The van der Waals surface area contributed by atoms with Crippen molar-refractivity contribution in [2.75, 3.05) is 0 Å². The van der Waals surface area contributed by atoms with E-state index in [1.54, 1.807) is 6.07 Å². The van der Waals surface area contributed by atoms with Crippen LogP contribution in [-0.2, 0) is 22.7 Å². The second-order valence-corrected chi connectivity index (χ2v) is 7.71. The molecule has 0 saturated heterocycles. The Morgan fingerprint density at radius 1 is 1.42 bits per heavy atom. The molecule has 2 atom stereocenters. The van der Waals surface area contributed by atoms with Crippen molar-refractivity contribution in [1.29, 1.82) is 0 Å². The van der Waals surface area contributed by atoms with Crippen LogP contribution in [0.3, 0.4) is 0 Å². The summed E-state index contributed by atoms with van der Waals surface area (Å²) in [6.45, 7) is 8.08. The van der Waals surface area contributed by atoms with Gasteiger partial charge in [0, 0.05) is 16.9 Å². The van der Waals surface area contributed by atoms with Crippen LogP contribution in [0.15, 0.2) is 18.2 Å². The largest absolute Gasteiger partial charge is 0.598 e. The Morgan fingerprint density at radius 2 is 2.11 bits per heavy atom. The van der Waals surface area contributed by atoms with Crippen LogP contribution in [-0.4, -0.2) is 15.3 Å². The van der Waals surface area contributed by atoms with Gasteiger partial charge in [-0.25, -0.2) is 4.79 Å². The van der Waals surface area contributed by atoms with E-state index in [0.717, 1.165) is 11.1 Å². The first-order valence-electron chi connectivity index (χ1n) is 6.27. The van der Waals surface area contributed by atoms with E-state index >= 15 is 0 Å². The molecule has 0 amide bonds. The van der Waals surface area contributed by atoms with Crippen molar-refractivity contribution in [2.24, 2.45) is 0 Å². The van der Waals surface area contributed by atoms with Crippen LogP contribution >= 0.6 is 0 Å². The van der Waals surface area contributed by atoms with Gasteiger partial charge in [-0.05, 0) is 45.4 Å². The van der Waals surface area contributed by atoms with Gasteiger partial charge in [-0.1, -0.05) is 6.07 Å². The number of carbonyl (C=O) groups is 1. The minimum Gasteiger partial charge on any atom is -0.598 e. The zero-order valence-corrected chi connectivity index (χ0v) is 12.5. The van der Waals surface area contributed by atoms with Crippen LogP contribution in [0.5, 0.6) is 0 Å². The van der Waals surface area contributed by atoms with Gasteiger partial charge in [0.05, 0.1) is 11.6 Å². The summed E-state index contributed by atoms with van der Waals surface area (Å²) in [6.07, 6.45) is 0. The number of benzene rings is 1. The predicted molar refractivity (Wildman–Crippen MR) is 75.0 cm³/mol. The summed E-state index contributed by atoms with van der Waals surface area (Å²) in [6, 6.07) is 5.56. The molecule has 5 heteroatoms. The summed E-state index contributed by atoms with van der Waals surface area (Å²) in [7, 11) is 0. The van der Waals surface area contributed by atoms with Gasteiger partial charge in [0.25, 0.3) is 0 Å². The third-order valence-electron chi connectivity index (χ3n) is 3.05. The fourth-order valence-corrected chi connectivity index (χ4v) is 2.64. The molecule has 1 aliphatic rings. The number of ether oxygens (including phenoxy) is 1. The predicted octanol–water partition coefficient (Wildman–Crippen LogP) is 2.47. The first kappa shape index (κ1) is 14.4. The molecule has 0 unspecified atom stereocenters. The molecule has 0 fully saturated rings. The maximum atomic E-state index is 12.1. The highest BCUT2D eigenvalue weighted by molar-refractivity contribution is 7.90. The molecular weight excluding hydrogens is 262 g/mol. The van der Waals surface area contributed by atoms with E-state index < -0.39 is 11.4 Å². The minimum absolute atomic E-state index is 0.0407. The van der Waals surface area contributed by atoms with E-state index in [1.807, 2.05) is 39.8 Å². The molecule has 0 radical (unpaired) electrons. The van der Waals surface area contributed by atoms with Crippen molar-refractivity contribution >= 4 is 17.3 Å². The Labute approximate surface area is 116 Å². The van der Waals surface area contributed by atoms with Gasteiger partial charge in [0.15, 0.2) is 0 Å². The Hall–Kier alpha value is -1.04. The monoisotopic (exact) mass is 281 g/mol. The minimum atomic E-state index is -1.12. The Kier molecular flexibility index (Phi) is 3.90. The number of carbonyl (C=O) groups excluding carboxylic acids is 1. The molecule has 19 heavy (non-hydrogen) atoms. The van der Waals surface area contributed by atoms with E-state index in [0.29, 0.717) is 12.2 Å². The molecule has 1 aliphatic heterocycles. The van der Waals surface area contributed by atoms with E-state index in [4.69, 9.17) is 4.74 Å². The average molecular weight is 281 g/mol. The third-order valence-corrected chi connectivity index (χ3v) is 4.73. The molecule has 0 bridgehead atoms. The van der Waals surface area contributed by atoms with Crippen LogP contribution < -0.4 is 4.72 Å². The zero-order chi connectivity index (χ0) is 14.2. The normalized spacial score (nSPS) is 17.8. The number of hydrogen-bond acceptors (Lipinski definition) is 4. The topological polar surface area (TPSA) is 61.4 Å². The molecule has 0 aromatic heterocycles. The maximum absolute atomic E-state index is 12.1. The highest BCUT2D eigenvalue weighted by Crippen LogP contribution is 2.25. The summed E-state index contributed by atoms with van der Waals surface area (Å²) in [5, 5.41) is 0.